The number of aromatic amines is 1. The van der Waals surface area contributed by atoms with E-state index >= 15 is 0 Å². The second-order valence-electron chi connectivity index (χ2n) is 7.10. The molecule has 6 rings (SSSR count). The molecule has 0 saturated carbocycles. The number of fused-ring (bicyclic) bond motifs is 4. The van der Waals surface area contributed by atoms with E-state index in [2.05, 4.69) is 58.4 Å². The molecule has 1 aromatic heterocycles. The molecule has 3 heteroatoms. The maximum Gasteiger partial charge on any atom is 0.119 e. The summed E-state index contributed by atoms with van der Waals surface area (Å²) in [7, 11) is 0. The number of nitrogens with zero attached hydrogens (tertiary/aromatic N) is 1. The van der Waals surface area contributed by atoms with Gasteiger partial charge in [0.25, 0.3) is 0 Å². The molecule has 0 unspecified atom stereocenters. The summed E-state index contributed by atoms with van der Waals surface area (Å²) < 4.78 is 6.29. The van der Waals surface area contributed by atoms with Gasteiger partial charge in [0.05, 0.1) is 0 Å². The first kappa shape index (κ1) is 14.1. The van der Waals surface area contributed by atoms with Crippen LogP contribution in [0.5, 0.6) is 5.75 Å². The van der Waals surface area contributed by atoms with Gasteiger partial charge in [0.2, 0.25) is 0 Å². The van der Waals surface area contributed by atoms with E-state index in [9.17, 15) is 0 Å². The maximum absolute atomic E-state index is 6.29. The summed E-state index contributed by atoms with van der Waals surface area (Å²) in [6, 6.07) is 17.2. The minimum absolute atomic E-state index is 0.370. The van der Waals surface area contributed by atoms with Crippen LogP contribution in [0.25, 0.3) is 22.0 Å². The third-order valence-corrected chi connectivity index (χ3v) is 5.62. The zero-order chi connectivity index (χ0) is 15.9. The number of piperidine rings is 3. The fourth-order valence-electron chi connectivity index (χ4n) is 4.18. The maximum atomic E-state index is 6.29. The van der Waals surface area contributed by atoms with Crippen molar-refractivity contribution in [3.63, 3.8) is 0 Å². The fraction of sp³-hybridized carbons (Fsp3) is 0.333. The van der Waals surface area contributed by atoms with Gasteiger partial charge in [-0.2, -0.15) is 0 Å². The van der Waals surface area contributed by atoms with Crippen molar-refractivity contribution in [1.82, 2.24) is 9.88 Å². The molecule has 4 heterocycles. The first-order chi connectivity index (χ1) is 11.8. The Morgan fingerprint density at radius 2 is 1.71 bits per heavy atom. The SMILES string of the molecule is c1cc2cc(-c3ccc(O[C@H]4CN5CCC4CC5)cc3)ccc2[nH]1. The highest BCUT2D eigenvalue weighted by Crippen LogP contribution is 2.32. The van der Waals surface area contributed by atoms with E-state index in [1.165, 1.54) is 48.0 Å². The van der Waals surface area contributed by atoms with Crippen LogP contribution in [0.2, 0.25) is 0 Å². The van der Waals surface area contributed by atoms with Crippen molar-refractivity contribution in [2.24, 2.45) is 5.92 Å². The molecule has 0 aliphatic carbocycles. The van der Waals surface area contributed by atoms with Crippen molar-refractivity contribution >= 4 is 10.9 Å². The standard InChI is InChI=1S/C21H22N2O/c1-4-19(24-21-14-23-11-8-16(21)9-12-23)5-2-15(1)17-3-6-20-18(13-17)7-10-22-20/h1-7,10,13,16,21-22H,8-9,11-12,14H2/t21-/m0/s1. The van der Waals surface area contributed by atoms with Gasteiger partial charge in [0.15, 0.2) is 0 Å². The highest BCUT2D eigenvalue weighted by Gasteiger charge is 2.35. The van der Waals surface area contributed by atoms with E-state index in [0.717, 1.165) is 18.2 Å². The molecular weight excluding hydrogens is 296 g/mol. The number of benzene rings is 2. The number of aromatic nitrogens is 1. The molecule has 0 amide bonds. The summed E-state index contributed by atoms with van der Waals surface area (Å²) >= 11 is 0. The van der Waals surface area contributed by atoms with Crippen LogP contribution in [0, 0.1) is 5.92 Å². The van der Waals surface area contributed by atoms with Crippen molar-refractivity contribution in [1.29, 1.82) is 0 Å². The minimum Gasteiger partial charge on any atom is -0.489 e. The van der Waals surface area contributed by atoms with Gasteiger partial charge in [0.1, 0.15) is 11.9 Å². The lowest BCUT2D eigenvalue weighted by Gasteiger charge is -2.44. The average Bonchev–Trinajstić information content (AvgIpc) is 3.11. The Balaban J connectivity index is 1.35. The molecular formula is C21H22N2O. The van der Waals surface area contributed by atoms with E-state index < -0.39 is 0 Å². The second kappa shape index (κ2) is 5.67. The van der Waals surface area contributed by atoms with Crippen LogP contribution in [0.15, 0.2) is 54.7 Å². The molecule has 0 spiro atoms. The smallest absolute Gasteiger partial charge is 0.119 e. The van der Waals surface area contributed by atoms with Crippen molar-refractivity contribution in [3.05, 3.63) is 54.7 Å². The Hall–Kier alpha value is -2.26. The average molecular weight is 318 g/mol. The molecule has 3 fully saturated rings. The van der Waals surface area contributed by atoms with Crippen molar-refractivity contribution in [2.45, 2.75) is 18.9 Å². The molecule has 1 N–H and O–H groups in total. The van der Waals surface area contributed by atoms with E-state index in [0.29, 0.717) is 6.10 Å². The van der Waals surface area contributed by atoms with Gasteiger partial charge < -0.3 is 9.72 Å². The quantitative estimate of drug-likeness (QED) is 0.779. The number of hydrogen-bond acceptors (Lipinski definition) is 2. The van der Waals surface area contributed by atoms with Gasteiger partial charge >= 0.3 is 0 Å². The molecule has 0 radical (unpaired) electrons. The van der Waals surface area contributed by atoms with E-state index in [4.69, 9.17) is 4.74 Å². The molecule has 3 saturated heterocycles. The van der Waals surface area contributed by atoms with Gasteiger partial charge in [-0.15, -0.1) is 0 Å². The predicted octanol–water partition coefficient (Wildman–Crippen LogP) is 4.31. The second-order valence-corrected chi connectivity index (χ2v) is 7.10. The molecule has 1 atom stereocenters. The molecule has 2 bridgehead atoms. The van der Waals surface area contributed by atoms with Crippen molar-refractivity contribution in [2.75, 3.05) is 19.6 Å². The lowest BCUT2D eigenvalue weighted by molar-refractivity contribution is -0.00775. The Bertz CT molecular complexity index is 844. The Morgan fingerprint density at radius 3 is 2.46 bits per heavy atom. The van der Waals surface area contributed by atoms with Crippen molar-refractivity contribution < 1.29 is 4.74 Å². The largest absolute Gasteiger partial charge is 0.489 e. The van der Waals surface area contributed by atoms with Crippen LogP contribution < -0.4 is 4.74 Å². The van der Waals surface area contributed by atoms with Gasteiger partial charge in [-0.3, -0.25) is 4.90 Å². The molecule has 3 aliphatic rings. The summed E-state index contributed by atoms with van der Waals surface area (Å²) in [5, 5.41) is 1.25. The molecule has 2 aromatic carbocycles. The zero-order valence-electron chi connectivity index (χ0n) is 13.7. The van der Waals surface area contributed by atoms with Gasteiger partial charge in [-0.1, -0.05) is 18.2 Å². The lowest BCUT2D eigenvalue weighted by Crippen LogP contribution is -2.52. The van der Waals surface area contributed by atoms with Crippen LogP contribution in [-0.4, -0.2) is 35.6 Å². The number of H-pyrrole nitrogens is 1. The third kappa shape index (κ3) is 2.49. The minimum atomic E-state index is 0.370. The van der Waals surface area contributed by atoms with Gasteiger partial charge in [0, 0.05) is 18.3 Å². The Morgan fingerprint density at radius 1 is 0.917 bits per heavy atom. The predicted molar refractivity (Wildman–Crippen MR) is 97.3 cm³/mol. The number of rotatable bonds is 3. The van der Waals surface area contributed by atoms with Crippen LogP contribution >= 0.6 is 0 Å². The van der Waals surface area contributed by atoms with E-state index in [1.54, 1.807) is 0 Å². The van der Waals surface area contributed by atoms with Crippen LogP contribution in [-0.2, 0) is 0 Å². The highest BCUT2D eigenvalue weighted by molar-refractivity contribution is 5.85. The monoisotopic (exact) mass is 318 g/mol. The van der Waals surface area contributed by atoms with Crippen LogP contribution in [0.3, 0.4) is 0 Å². The summed E-state index contributed by atoms with van der Waals surface area (Å²) in [5.41, 5.74) is 3.66. The normalized spacial score (nSPS) is 25.9. The zero-order valence-corrected chi connectivity index (χ0v) is 13.7. The van der Waals surface area contributed by atoms with Crippen LogP contribution in [0.1, 0.15) is 12.8 Å². The van der Waals surface area contributed by atoms with E-state index in [1.807, 2.05) is 6.20 Å². The Labute approximate surface area is 142 Å². The fourth-order valence-corrected chi connectivity index (χ4v) is 4.18. The number of nitrogens with one attached hydrogen (secondary N) is 1. The summed E-state index contributed by atoms with van der Waals surface area (Å²) in [5.74, 6) is 1.74. The molecule has 3 nitrogen and oxygen atoms in total. The molecule has 3 aromatic rings. The Kier molecular flexibility index (Phi) is 3.34. The third-order valence-electron chi connectivity index (χ3n) is 5.62. The van der Waals surface area contributed by atoms with Crippen molar-refractivity contribution in [3.8, 4) is 16.9 Å². The summed E-state index contributed by atoms with van der Waals surface area (Å²) in [4.78, 5) is 5.77. The highest BCUT2D eigenvalue weighted by atomic mass is 16.5. The topological polar surface area (TPSA) is 28.3 Å². The number of hydrogen-bond donors (Lipinski definition) is 1. The first-order valence-electron chi connectivity index (χ1n) is 8.92. The lowest BCUT2D eigenvalue weighted by atomic mass is 9.86. The molecule has 24 heavy (non-hydrogen) atoms. The first-order valence-corrected chi connectivity index (χ1v) is 8.92. The van der Waals surface area contributed by atoms with Crippen LogP contribution in [0.4, 0.5) is 0 Å². The molecule has 122 valence electrons. The summed E-state index contributed by atoms with van der Waals surface area (Å²) in [6.07, 6.45) is 4.94. The summed E-state index contributed by atoms with van der Waals surface area (Å²) in [6.45, 7) is 3.60. The van der Waals surface area contributed by atoms with Gasteiger partial charge in [-0.05, 0) is 78.7 Å². The number of ether oxygens (including phenoxy) is 1. The van der Waals surface area contributed by atoms with Gasteiger partial charge in [-0.25, -0.2) is 0 Å². The van der Waals surface area contributed by atoms with E-state index in [-0.39, 0.29) is 0 Å². The molecule has 3 aliphatic heterocycles.